The number of hydrogen-bond donors (Lipinski definition) is 3. The molecule has 1 aliphatic carbocycles. The Morgan fingerprint density at radius 3 is 2.52 bits per heavy atom. The van der Waals surface area contributed by atoms with Crippen LogP contribution in [0.5, 0.6) is 0 Å². The van der Waals surface area contributed by atoms with Crippen LogP contribution in [0.25, 0.3) is 0 Å². The molecule has 6 heteroatoms. The predicted octanol–water partition coefficient (Wildman–Crippen LogP) is 4.15. The molecule has 0 aliphatic heterocycles. The second-order valence-electron chi connectivity index (χ2n) is 7.78. The van der Waals surface area contributed by atoms with Crippen molar-refractivity contribution in [3.63, 3.8) is 0 Å². The summed E-state index contributed by atoms with van der Waals surface area (Å²) in [6, 6.07) is 0. The number of ether oxygens (including phenoxy) is 1. The van der Waals surface area contributed by atoms with Crippen molar-refractivity contribution in [1.82, 2.24) is 0 Å². The molecule has 166 valence electrons. The molecule has 0 spiro atoms. The molecular formula is C23H38O6. The van der Waals surface area contributed by atoms with Crippen LogP contribution in [0.1, 0.15) is 84.5 Å². The van der Waals surface area contributed by atoms with Gasteiger partial charge in [-0.25, -0.2) is 4.79 Å². The van der Waals surface area contributed by atoms with Crippen LogP contribution in [-0.4, -0.2) is 46.1 Å². The number of carboxylic acids is 1. The lowest BCUT2D eigenvalue weighted by atomic mass is 9.92. The molecule has 0 saturated heterocycles. The Bertz CT molecular complexity index is 566. The molecule has 0 radical (unpaired) electrons. The van der Waals surface area contributed by atoms with Crippen LogP contribution in [0, 0.1) is 5.92 Å². The maximum Gasteiger partial charge on any atom is 0.334 e. The molecule has 0 saturated carbocycles. The van der Waals surface area contributed by atoms with Gasteiger partial charge in [0, 0.05) is 24.3 Å². The number of aliphatic hydroxyl groups excluding tert-OH is 2. The molecular weight excluding hydrogens is 372 g/mol. The Kier molecular flexibility index (Phi) is 12.6. The van der Waals surface area contributed by atoms with Crippen molar-refractivity contribution in [3.8, 4) is 0 Å². The fraction of sp³-hybridized carbons (Fsp3) is 0.739. The Balaban J connectivity index is 2.74. The quantitative estimate of drug-likeness (QED) is 0.213. The van der Waals surface area contributed by atoms with E-state index in [1.165, 1.54) is 0 Å². The molecule has 29 heavy (non-hydrogen) atoms. The maximum absolute atomic E-state index is 12.3. The summed E-state index contributed by atoms with van der Waals surface area (Å²) < 4.78 is 5.17. The normalized spacial score (nSPS) is 20.4. The van der Waals surface area contributed by atoms with E-state index in [1.807, 2.05) is 6.08 Å². The van der Waals surface area contributed by atoms with E-state index in [0.29, 0.717) is 24.8 Å². The Morgan fingerprint density at radius 2 is 1.86 bits per heavy atom. The van der Waals surface area contributed by atoms with E-state index in [1.54, 1.807) is 13.0 Å². The Labute approximate surface area is 174 Å². The molecule has 0 unspecified atom stereocenters. The highest BCUT2D eigenvalue weighted by Gasteiger charge is 2.35. The number of hydrogen-bond acceptors (Lipinski definition) is 5. The van der Waals surface area contributed by atoms with Gasteiger partial charge in [-0.2, -0.15) is 0 Å². The van der Waals surface area contributed by atoms with Crippen molar-refractivity contribution in [2.75, 3.05) is 6.61 Å². The van der Waals surface area contributed by atoms with E-state index in [0.717, 1.165) is 44.1 Å². The summed E-state index contributed by atoms with van der Waals surface area (Å²) in [4.78, 5) is 22.9. The average Bonchev–Trinajstić information content (AvgIpc) is 2.98. The van der Waals surface area contributed by atoms with E-state index < -0.39 is 18.2 Å². The van der Waals surface area contributed by atoms with E-state index in [9.17, 15) is 19.8 Å². The van der Waals surface area contributed by atoms with E-state index >= 15 is 0 Å². The van der Waals surface area contributed by atoms with Crippen LogP contribution in [0.3, 0.4) is 0 Å². The van der Waals surface area contributed by atoms with Gasteiger partial charge in [-0.1, -0.05) is 56.8 Å². The number of carbonyl (C=O) groups excluding carboxylic acids is 1. The monoisotopic (exact) mass is 410 g/mol. The standard InChI is InChI=1S/C23H38O6/c1-3-5-8-11-17(24)14-15-19-18(12-9-6-7-10-13-22(26)27)20(16-21(19)25)23(28)29-4-2/h14-15,17,19,21,24-25H,3-13,16H2,1-2H3,(H,26,27)/t17-,19+,21+/m0/s1. The third kappa shape index (κ3) is 9.59. The second-order valence-corrected chi connectivity index (χ2v) is 7.78. The summed E-state index contributed by atoms with van der Waals surface area (Å²) >= 11 is 0. The minimum Gasteiger partial charge on any atom is -0.481 e. The van der Waals surface area contributed by atoms with Gasteiger partial charge in [0.15, 0.2) is 0 Å². The lowest BCUT2D eigenvalue weighted by molar-refractivity contribution is -0.139. The predicted molar refractivity (Wildman–Crippen MR) is 112 cm³/mol. The van der Waals surface area contributed by atoms with Crippen molar-refractivity contribution in [3.05, 3.63) is 23.3 Å². The third-order valence-electron chi connectivity index (χ3n) is 5.37. The van der Waals surface area contributed by atoms with Gasteiger partial charge in [-0.05, 0) is 32.6 Å². The molecule has 3 N–H and O–H groups in total. The van der Waals surface area contributed by atoms with Gasteiger partial charge < -0.3 is 20.1 Å². The van der Waals surface area contributed by atoms with Crippen LogP contribution in [0.4, 0.5) is 0 Å². The minimum absolute atomic E-state index is 0.177. The summed E-state index contributed by atoms with van der Waals surface area (Å²) in [5.74, 6) is -1.43. The fourth-order valence-electron chi connectivity index (χ4n) is 3.79. The number of rotatable bonds is 15. The molecule has 1 rings (SSSR count). The number of carboxylic acid groups (broad SMARTS) is 1. The first kappa shape index (κ1) is 25.4. The van der Waals surface area contributed by atoms with Crippen molar-refractivity contribution in [1.29, 1.82) is 0 Å². The molecule has 0 aromatic carbocycles. The lowest BCUT2D eigenvalue weighted by Crippen LogP contribution is -2.15. The SMILES string of the molecule is CCCCC[C@H](O)C=C[C@@H]1C(CCCCCCC(=O)O)=C(C(=O)OCC)C[C@H]1O. The van der Waals surface area contributed by atoms with Gasteiger partial charge in [-0.15, -0.1) is 0 Å². The Hall–Kier alpha value is -1.66. The minimum atomic E-state index is -0.779. The number of esters is 1. The summed E-state index contributed by atoms with van der Waals surface area (Å²) in [5, 5.41) is 29.4. The van der Waals surface area contributed by atoms with Gasteiger partial charge >= 0.3 is 11.9 Å². The molecule has 0 heterocycles. The zero-order chi connectivity index (χ0) is 21.6. The zero-order valence-electron chi connectivity index (χ0n) is 17.9. The summed E-state index contributed by atoms with van der Waals surface area (Å²) in [5.41, 5.74) is 1.45. The first-order valence-electron chi connectivity index (χ1n) is 11.1. The first-order chi connectivity index (χ1) is 13.9. The highest BCUT2D eigenvalue weighted by atomic mass is 16.5. The number of aliphatic hydroxyl groups is 2. The van der Waals surface area contributed by atoms with Crippen molar-refractivity contribution < 1.29 is 29.6 Å². The fourth-order valence-corrected chi connectivity index (χ4v) is 3.79. The summed E-state index contributed by atoms with van der Waals surface area (Å²) in [7, 11) is 0. The van der Waals surface area contributed by atoms with Gasteiger partial charge in [0.25, 0.3) is 0 Å². The number of unbranched alkanes of at least 4 members (excludes halogenated alkanes) is 5. The van der Waals surface area contributed by atoms with Gasteiger partial charge in [0.05, 0.1) is 18.8 Å². The van der Waals surface area contributed by atoms with Crippen molar-refractivity contribution in [2.45, 2.75) is 96.7 Å². The van der Waals surface area contributed by atoms with Crippen molar-refractivity contribution in [2.24, 2.45) is 5.92 Å². The van der Waals surface area contributed by atoms with E-state index in [-0.39, 0.29) is 31.3 Å². The van der Waals surface area contributed by atoms with Crippen LogP contribution >= 0.6 is 0 Å². The molecule has 0 fully saturated rings. The summed E-state index contributed by atoms with van der Waals surface area (Å²) in [6.07, 6.45) is 10.5. The summed E-state index contributed by atoms with van der Waals surface area (Å²) in [6.45, 7) is 4.17. The number of carbonyl (C=O) groups is 2. The maximum atomic E-state index is 12.3. The van der Waals surface area contributed by atoms with Crippen LogP contribution < -0.4 is 0 Å². The number of aliphatic carboxylic acids is 1. The van der Waals surface area contributed by atoms with Gasteiger partial charge in [0.1, 0.15) is 0 Å². The molecule has 3 atom stereocenters. The van der Waals surface area contributed by atoms with Gasteiger partial charge in [0.2, 0.25) is 0 Å². The highest BCUT2D eigenvalue weighted by Crippen LogP contribution is 2.37. The third-order valence-corrected chi connectivity index (χ3v) is 5.37. The van der Waals surface area contributed by atoms with Crippen LogP contribution in [-0.2, 0) is 14.3 Å². The smallest absolute Gasteiger partial charge is 0.334 e. The Morgan fingerprint density at radius 1 is 1.14 bits per heavy atom. The van der Waals surface area contributed by atoms with Crippen LogP contribution in [0.15, 0.2) is 23.3 Å². The zero-order valence-corrected chi connectivity index (χ0v) is 17.9. The first-order valence-corrected chi connectivity index (χ1v) is 11.1. The second kappa shape index (κ2) is 14.3. The molecule has 0 bridgehead atoms. The van der Waals surface area contributed by atoms with E-state index in [2.05, 4.69) is 6.92 Å². The molecule has 0 aromatic rings. The van der Waals surface area contributed by atoms with Crippen molar-refractivity contribution >= 4 is 11.9 Å². The molecule has 6 nitrogen and oxygen atoms in total. The average molecular weight is 411 g/mol. The molecule has 0 amide bonds. The lowest BCUT2D eigenvalue weighted by Gasteiger charge is -2.16. The van der Waals surface area contributed by atoms with E-state index in [4.69, 9.17) is 9.84 Å². The topological polar surface area (TPSA) is 104 Å². The van der Waals surface area contributed by atoms with Crippen LogP contribution in [0.2, 0.25) is 0 Å². The molecule has 1 aliphatic rings. The van der Waals surface area contributed by atoms with Gasteiger partial charge in [-0.3, -0.25) is 4.79 Å². The molecule has 0 aromatic heterocycles. The largest absolute Gasteiger partial charge is 0.481 e. The highest BCUT2D eigenvalue weighted by molar-refractivity contribution is 5.90.